The fraction of sp³-hybridized carbons (Fsp3) is 0.182. The van der Waals surface area contributed by atoms with E-state index in [1.807, 2.05) is 6.07 Å². The van der Waals surface area contributed by atoms with E-state index in [0.717, 1.165) is 10.9 Å². The molecule has 1 aromatic heterocycles. The van der Waals surface area contributed by atoms with Crippen LogP contribution in [0.15, 0.2) is 24.3 Å². The van der Waals surface area contributed by atoms with Gasteiger partial charge in [0, 0.05) is 23.0 Å². The van der Waals surface area contributed by atoms with Crippen LogP contribution in [0.2, 0.25) is 5.02 Å². The lowest BCUT2D eigenvalue weighted by Gasteiger charge is -2.06. The van der Waals surface area contributed by atoms with E-state index in [1.165, 1.54) is 0 Å². The quantitative estimate of drug-likeness (QED) is 0.842. The molecule has 2 aromatic rings. The van der Waals surface area contributed by atoms with E-state index in [-0.39, 0.29) is 0 Å². The van der Waals surface area contributed by atoms with Gasteiger partial charge in [-0.2, -0.15) is 0 Å². The fourth-order valence-corrected chi connectivity index (χ4v) is 1.96. The molecule has 1 aromatic carbocycles. The monoisotopic (exact) mass is 239 g/mol. The molecule has 4 nitrogen and oxygen atoms in total. The third-order valence-electron chi connectivity index (χ3n) is 2.58. The predicted octanol–water partition coefficient (Wildman–Crippen LogP) is 1.95. The molecule has 1 heterocycles. The maximum atomic E-state index is 10.7. The van der Waals surface area contributed by atoms with Crippen molar-refractivity contribution in [3.05, 3.63) is 35.0 Å². The summed E-state index contributed by atoms with van der Waals surface area (Å²) in [6.07, 6.45) is -1.53. The first-order valence-corrected chi connectivity index (χ1v) is 5.05. The SMILES string of the molecule is Cn1c(C(O)C(=O)O)cc2c(Cl)cccc21. The Morgan fingerprint density at radius 2 is 2.19 bits per heavy atom. The number of halogens is 1. The minimum absolute atomic E-state index is 0.315. The van der Waals surface area contributed by atoms with Gasteiger partial charge < -0.3 is 14.8 Å². The molecule has 0 spiro atoms. The number of aliphatic hydroxyl groups excluding tert-OH is 1. The number of carboxylic acids is 1. The first-order valence-electron chi connectivity index (χ1n) is 4.67. The largest absolute Gasteiger partial charge is 0.479 e. The zero-order valence-electron chi connectivity index (χ0n) is 8.51. The second-order valence-electron chi connectivity index (χ2n) is 3.54. The van der Waals surface area contributed by atoms with Gasteiger partial charge in [-0.3, -0.25) is 0 Å². The highest BCUT2D eigenvalue weighted by Crippen LogP contribution is 2.28. The van der Waals surface area contributed by atoms with Crippen LogP contribution in [0.5, 0.6) is 0 Å². The molecule has 1 unspecified atom stereocenters. The van der Waals surface area contributed by atoms with Crippen LogP contribution in [0.1, 0.15) is 11.8 Å². The first-order chi connectivity index (χ1) is 7.52. The normalized spacial score (nSPS) is 12.9. The van der Waals surface area contributed by atoms with Gasteiger partial charge >= 0.3 is 5.97 Å². The zero-order chi connectivity index (χ0) is 11.9. The van der Waals surface area contributed by atoms with Crippen molar-refractivity contribution in [2.24, 2.45) is 7.05 Å². The molecule has 0 saturated heterocycles. The first kappa shape index (κ1) is 11.0. The molecule has 0 bridgehead atoms. The molecule has 1 atom stereocenters. The minimum Gasteiger partial charge on any atom is -0.479 e. The van der Waals surface area contributed by atoms with Crippen molar-refractivity contribution in [2.45, 2.75) is 6.10 Å². The van der Waals surface area contributed by atoms with E-state index < -0.39 is 12.1 Å². The van der Waals surface area contributed by atoms with Crippen LogP contribution in [0.4, 0.5) is 0 Å². The Bertz CT molecular complexity index is 562. The van der Waals surface area contributed by atoms with Crippen molar-refractivity contribution in [3.8, 4) is 0 Å². The standard InChI is InChI=1S/C11H10ClNO3/c1-13-8-4-2-3-7(12)6(8)5-9(13)10(14)11(15)16/h2-5,10,14H,1H3,(H,15,16). The summed E-state index contributed by atoms with van der Waals surface area (Å²) < 4.78 is 1.62. The van der Waals surface area contributed by atoms with E-state index >= 15 is 0 Å². The average molecular weight is 240 g/mol. The number of aryl methyl sites for hydroxylation is 1. The van der Waals surface area contributed by atoms with Crippen LogP contribution in [0.25, 0.3) is 10.9 Å². The number of aliphatic hydroxyl groups is 1. The molecule has 5 heteroatoms. The lowest BCUT2D eigenvalue weighted by molar-refractivity contribution is -0.147. The van der Waals surface area contributed by atoms with Gasteiger partial charge in [-0.1, -0.05) is 17.7 Å². The van der Waals surface area contributed by atoms with E-state index in [4.69, 9.17) is 16.7 Å². The molecule has 0 aliphatic rings. The third kappa shape index (κ3) is 1.56. The van der Waals surface area contributed by atoms with E-state index in [2.05, 4.69) is 0 Å². The summed E-state index contributed by atoms with van der Waals surface area (Å²) in [5.41, 5.74) is 1.11. The van der Waals surface area contributed by atoms with Crippen LogP contribution >= 0.6 is 11.6 Å². The van der Waals surface area contributed by atoms with Gasteiger partial charge in [0.2, 0.25) is 0 Å². The van der Waals surface area contributed by atoms with Gasteiger partial charge in [0.15, 0.2) is 6.10 Å². The summed E-state index contributed by atoms with van der Waals surface area (Å²) in [6, 6.07) is 6.91. The Kier molecular flexibility index (Phi) is 2.61. The smallest absolute Gasteiger partial charge is 0.338 e. The Morgan fingerprint density at radius 3 is 2.75 bits per heavy atom. The molecule has 84 valence electrons. The zero-order valence-corrected chi connectivity index (χ0v) is 9.27. The molecule has 0 fully saturated rings. The number of aliphatic carboxylic acids is 1. The summed E-state index contributed by atoms with van der Waals surface area (Å²) in [5.74, 6) is -1.28. The summed E-state index contributed by atoms with van der Waals surface area (Å²) in [5, 5.41) is 19.5. The highest BCUT2D eigenvalue weighted by Gasteiger charge is 2.21. The number of fused-ring (bicyclic) bond motifs is 1. The highest BCUT2D eigenvalue weighted by atomic mass is 35.5. The van der Waals surface area contributed by atoms with Gasteiger partial charge in [-0.05, 0) is 18.2 Å². The summed E-state index contributed by atoms with van der Waals surface area (Å²) >= 11 is 5.98. The second kappa shape index (κ2) is 3.81. The molecular formula is C11H10ClNO3. The Labute approximate surface area is 96.7 Å². The third-order valence-corrected chi connectivity index (χ3v) is 2.91. The van der Waals surface area contributed by atoms with E-state index in [1.54, 1.807) is 29.8 Å². The van der Waals surface area contributed by atoms with Crippen LogP contribution in [0, 0.1) is 0 Å². The molecule has 0 amide bonds. The number of carbonyl (C=O) groups is 1. The van der Waals surface area contributed by atoms with Crippen LogP contribution in [-0.4, -0.2) is 20.7 Å². The number of carboxylic acid groups (broad SMARTS) is 1. The van der Waals surface area contributed by atoms with Crippen molar-refractivity contribution < 1.29 is 15.0 Å². The summed E-state index contributed by atoms with van der Waals surface area (Å²) in [7, 11) is 1.69. The summed E-state index contributed by atoms with van der Waals surface area (Å²) in [4.78, 5) is 10.7. The molecular weight excluding hydrogens is 230 g/mol. The average Bonchev–Trinajstić information content (AvgIpc) is 2.57. The summed E-state index contributed by atoms with van der Waals surface area (Å²) in [6.45, 7) is 0. The van der Waals surface area contributed by atoms with Crippen molar-refractivity contribution in [1.82, 2.24) is 4.57 Å². The van der Waals surface area contributed by atoms with Gasteiger partial charge in [-0.25, -0.2) is 4.79 Å². The van der Waals surface area contributed by atoms with Crippen molar-refractivity contribution in [2.75, 3.05) is 0 Å². The lowest BCUT2D eigenvalue weighted by atomic mass is 10.2. The van der Waals surface area contributed by atoms with Crippen LogP contribution in [-0.2, 0) is 11.8 Å². The van der Waals surface area contributed by atoms with E-state index in [9.17, 15) is 9.90 Å². The molecule has 0 aliphatic heterocycles. The number of benzene rings is 1. The van der Waals surface area contributed by atoms with Gasteiger partial charge in [0.1, 0.15) is 0 Å². The van der Waals surface area contributed by atoms with Gasteiger partial charge in [0.05, 0.1) is 5.69 Å². The maximum Gasteiger partial charge on any atom is 0.338 e. The molecule has 0 saturated carbocycles. The van der Waals surface area contributed by atoms with Crippen LogP contribution < -0.4 is 0 Å². The fourth-order valence-electron chi connectivity index (χ4n) is 1.73. The van der Waals surface area contributed by atoms with Crippen molar-refractivity contribution in [3.63, 3.8) is 0 Å². The highest BCUT2D eigenvalue weighted by molar-refractivity contribution is 6.35. The molecule has 0 aliphatic carbocycles. The minimum atomic E-state index is -1.53. The number of hydrogen-bond acceptors (Lipinski definition) is 2. The molecule has 2 N–H and O–H groups in total. The Balaban J connectivity index is 2.69. The van der Waals surface area contributed by atoms with E-state index in [0.29, 0.717) is 10.7 Å². The Morgan fingerprint density at radius 1 is 1.50 bits per heavy atom. The van der Waals surface area contributed by atoms with Gasteiger partial charge in [0.25, 0.3) is 0 Å². The number of aromatic nitrogens is 1. The maximum absolute atomic E-state index is 10.7. The van der Waals surface area contributed by atoms with Gasteiger partial charge in [-0.15, -0.1) is 0 Å². The second-order valence-corrected chi connectivity index (χ2v) is 3.95. The molecule has 0 radical (unpaired) electrons. The topological polar surface area (TPSA) is 62.5 Å². The van der Waals surface area contributed by atoms with Crippen LogP contribution in [0.3, 0.4) is 0 Å². The van der Waals surface area contributed by atoms with Crippen molar-refractivity contribution in [1.29, 1.82) is 0 Å². The Hall–Kier alpha value is -1.52. The van der Waals surface area contributed by atoms with Crippen molar-refractivity contribution >= 4 is 28.5 Å². The molecule has 16 heavy (non-hydrogen) atoms. The number of rotatable bonds is 2. The number of hydrogen-bond donors (Lipinski definition) is 2. The predicted molar refractivity (Wildman–Crippen MR) is 60.5 cm³/mol. The molecule has 2 rings (SSSR count). The number of nitrogens with zero attached hydrogens (tertiary/aromatic N) is 1. The lowest BCUT2D eigenvalue weighted by Crippen LogP contribution is -2.13.